The number of rotatable bonds is 8. The predicted molar refractivity (Wildman–Crippen MR) is 124 cm³/mol. The quantitative estimate of drug-likeness (QED) is 0.410. The van der Waals surface area contributed by atoms with Gasteiger partial charge in [0.15, 0.2) is 0 Å². The Bertz CT molecular complexity index is 1320. The lowest BCUT2D eigenvalue weighted by atomic mass is 10.1. The summed E-state index contributed by atoms with van der Waals surface area (Å²) in [7, 11) is 1.57. The molecule has 0 saturated carbocycles. The second-order valence-electron chi connectivity index (χ2n) is 7.60. The van der Waals surface area contributed by atoms with Crippen molar-refractivity contribution in [2.24, 2.45) is 0 Å². The summed E-state index contributed by atoms with van der Waals surface area (Å²) < 4.78 is 33.9. The molecule has 0 unspecified atom stereocenters. The highest BCUT2D eigenvalue weighted by Crippen LogP contribution is 2.24. The largest absolute Gasteiger partial charge is 0.383 e. The number of anilines is 1. The average Bonchev–Trinajstić information content (AvgIpc) is 3.23. The van der Waals surface area contributed by atoms with Crippen molar-refractivity contribution in [1.82, 2.24) is 14.9 Å². The maximum atomic E-state index is 13.5. The average molecular weight is 464 g/mol. The first-order chi connectivity index (χ1) is 16.4. The minimum Gasteiger partial charge on any atom is -0.383 e. The predicted octanol–water partition coefficient (Wildman–Crippen LogP) is 4.14. The topological polar surface area (TPSA) is 85.2 Å². The normalized spacial score (nSPS) is 10.9. The van der Waals surface area contributed by atoms with E-state index in [1.165, 1.54) is 0 Å². The van der Waals surface area contributed by atoms with Crippen LogP contribution in [0.2, 0.25) is 0 Å². The molecular weight excluding hydrogens is 442 g/mol. The number of methoxy groups -OCH3 is 1. The van der Waals surface area contributed by atoms with Crippen LogP contribution in [-0.2, 0) is 17.8 Å². The Labute approximate surface area is 194 Å². The van der Waals surface area contributed by atoms with Crippen molar-refractivity contribution in [2.45, 2.75) is 13.1 Å². The van der Waals surface area contributed by atoms with E-state index in [0.29, 0.717) is 35.4 Å². The molecule has 4 rings (SSSR count). The third kappa shape index (κ3) is 5.26. The Kier molecular flexibility index (Phi) is 6.93. The molecule has 1 heterocycles. The monoisotopic (exact) mass is 464 g/mol. The molecule has 0 saturated heterocycles. The van der Waals surface area contributed by atoms with Crippen LogP contribution in [0.25, 0.3) is 11.0 Å². The molecule has 2 N–H and O–H groups in total. The molecule has 2 amide bonds. The van der Waals surface area contributed by atoms with Crippen LogP contribution in [0, 0.1) is 11.6 Å². The van der Waals surface area contributed by atoms with Gasteiger partial charge in [-0.05, 0) is 42.0 Å². The van der Waals surface area contributed by atoms with Gasteiger partial charge in [0, 0.05) is 37.5 Å². The number of carbonyl (C=O) groups is 2. The Morgan fingerprint density at radius 2 is 1.74 bits per heavy atom. The van der Waals surface area contributed by atoms with Crippen LogP contribution in [0.3, 0.4) is 0 Å². The number of imidazole rings is 1. The van der Waals surface area contributed by atoms with Gasteiger partial charge in [-0.25, -0.2) is 13.8 Å². The van der Waals surface area contributed by atoms with E-state index in [-0.39, 0.29) is 23.6 Å². The van der Waals surface area contributed by atoms with Crippen LogP contribution < -0.4 is 10.6 Å². The van der Waals surface area contributed by atoms with Gasteiger partial charge in [-0.1, -0.05) is 18.2 Å². The zero-order valence-corrected chi connectivity index (χ0v) is 18.3. The van der Waals surface area contributed by atoms with E-state index in [1.54, 1.807) is 54.4 Å². The molecule has 0 fully saturated rings. The number of aromatic nitrogens is 2. The molecule has 0 aliphatic rings. The molecule has 0 bridgehead atoms. The van der Waals surface area contributed by atoms with E-state index in [9.17, 15) is 18.4 Å². The van der Waals surface area contributed by atoms with Crippen molar-refractivity contribution in [3.63, 3.8) is 0 Å². The highest BCUT2D eigenvalue weighted by atomic mass is 19.1. The lowest BCUT2D eigenvalue weighted by molar-refractivity contribution is 0.0950. The molecule has 7 nitrogen and oxygen atoms in total. The third-order valence-electron chi connectivity index (χ3n) is 5.16. The summed E-state index contributed by atoms with van der Waals surface area (Å²) in [4.78, 5) is 30.2. The number of hydrogen-bond acceptors (Lipinski definition) is 4. The lowest BCUT2D eigenvalue weighted by Crippen LogP contribution is -2.24. The fraction of sp³-hybridized carbons (Fsp3) is 0.160. The van der Waals surface area contributed by atoms with Gasteiger partial charge in [0.25, 0.3) is 11.8 Å². The van der Waals surface area contributed by atoms with E-state index < -0.39 is 17.5 Å². The molecule has 34 heavy (non-hydrogen) atoms. The molecule has 3 aromatic carbocycles. The molecular formula is C25H22F2N4O3. The number of nitrogens with zero attached hydrogens (tertiary/aromatic N) is 2. The summed E-state index contributed by atoms with van der Waals surface area (Å²) in [5, 5.41) is 5.48. The van der Waals surface area contributed by atoms with Gasteiger partial charge in [-0.15, -0.1) is 0 Å². The van der Waals surface area contributed by atoms with Crippen LogP contribution in [0.5, 0.6) is 0 Å². The van der Waals surface area contributed by atoms with Crippen molar-refractivity contribution in [3.8, 4) is 0 Å². The highest BCUT2D eigenvalue weighted by molar-refractivity contribution is 6.09. The number of nitrogens with one attached hydrogen (secondary N) is 2. The third-order valence-corrected chi connectivity index (χ3v) is 5.16. The minimum atomic E-state index is -0.727. The standard InChI is InChI=1S/C25H22F2N4O3/c1-34-8-7-31-15-29-22-13-20(30-24(32)17-5-3-2-4-6-17)12-21(23(22)31)25(33)28-14-16-9-18(26)11-19(27)10-16/h2-6,9-13,15H,7-8,14H2,1H3,(H,28,33)(H,30,32). The van der Waals surface area contributed by atoms with E-state index in [0.717, 1.165) is 18.2 Å². The second-order valence-corrected chi connectivity index (χ2v) is 7.60. The van der Waals surface area contributed by atoms with Gasteiger partial charge in [0.1, 0.15) is 11.6 Å². The van der Waals surface area contributed by atoms with Crippen LogP contribution in [0.1, 0.15) is 26.3 Å². The summed E-state index contributed by atoms with van der Waals surface area (Å²) in [6, 6.07) is 15.0. The van der Waals surface area contributed by atoms with Crippen LogP contribution >= 0.6 is 0 Å². The second kappa shape index (κ2) is 10.2. The summed E-state index contributed by atoms with van der Waals surface area (Å²) in [6.45, 7) is 0.779. The Hall–Kier alpha value is -4.11. The number of amides is 2. The Morgan fingerprint density at radius 3 is 2.44 bits per heavy atom. The summed E-state index contributed by atoms with van der Waals surface area (Å²) in [5.41, 5.74) is 2.45. The molecule has 4 aromatic rings. The van der Waals surface area contributed by atoms with Crippen LogP contribution in [0.15, 0.2) is 67.0 Å². The van der Waals surface area contributed by atoms with Crippen molar-refractivity contribution in [2.75, 3.05) is 19.0 Å². The van der Waals surface area contributed by atoms with E-state index >= 15 is 0 Å². The number of carbonyl (C=O) groups excluding carboxylic acids is 2. The molecule has 0 spiro atoms. The zero-order valence-electron chi connectivity index (χ0n) is 18.3. The van der Waals surface area contributed by atoms with Gasteiger partial charge in [-0.2, -0.15) is 0 Å². The van der Waals surface area contributed by atoms with E-state index in [4.69, 9.17) is 4.74 Å². The number of hydrogen-bond donors (Lipinski definition) is 2. The van der Waals surface area contributed by atoms with Crippen LogP contribution in [0.4, 0.5) is 14.5 Å². The molecule has 174 valence electrons. The van der Waals surface area contributed by atoms with Gasteiger partial charge in [0.05, 0.1) is 29.5 Å². The first-order valence-electron chi connectivity index (χ1n) is 10.5. The summed E-state index contributed by atoms with van der Waals surface area (Å²) in [5.74, 6) is -2.27. The smallest absolute Gasteiger partial charge is 0.255 e. The Balaban J connectivity index is 1.65. The minimum absolute atomic E-state index is 0.0815. The van der Waals surface area contributed by atoms with Crippen molar-refractivity contribution in [1.29, 1.82) is 0 Å². The number of benzene rings is 3. The maximum Gasteiger partial charge on any atom is 0.255 e. The maximum absolute atomic E-state index is 13.5. The zero-order chi connectivity index (χ0) is 24.1. The number of halogens is 2. The first-order valence-corrected chi connectivity index (χ1v) is 10.5. The van der Waals surface area contributed by atoms with Crippen LogP contribution in [-0.4, -0.2) is 35.1 Å². The van der Waals surface area contributed by atoms with E-state index in [1.807, 2.05) is 6.07 Å². The van der Waals surface area contributed by atoms with Gasteiger partial charge in [-0.3, -0.25) is 9.59 Å². The fourth-order valence-corrected chi connectivity index (χ4v) is 3.60. The molecule has 9 heteroatoms. The van der Waals surface area contributed by atoms with Crippen molar-refractivity contribution < 1.29 is 23.1 Å². The summed E-state index contributed by atoms with van der Waals surface area (Å²) >= 11 is 0. The number of fused-ring (bicyclic) bond motifs is 1. The van der Waals surface area contributed by atoms with Crippen molar-refractivity contribution >= 4 is 28.5 Å². The molecule has 0 aliphatic carbocycles. The highest BCUT2D eigenvalue weighted by Gasteiger charge is 2.18. The summed E-state index contributed by atoms with van der Waals surface area (Å²) in [6.07, 6.45) is 1.59. The SMILES string of the molecule is COCCn1cnc2cc(NC(=O)c3ccccc3)cc(C(=O)NCc3cc(F)cc(F)c3)c21. The Morgan fingerprint density at radius 1 is 1.00 bits per heavy atom. The van der Waals surface area contributed by atoms with Gasteiger partial charge < -0.3 is 19.9 Å². The molecule has 0 aliphatic heterocycles. The van der Waals surface area contributed by atoms with E-state index in [2.05, 4.69) is 15.6 Å². The molecule has 1 aromatic heterocycles. The van der Waals surface area contributed by atoms with Gasteiger partial charge >= 0.3 is 0 Å². The number of ether oxygens (including phenoxy) is 1. The molecule has 0 radical (unpaired) electrons. The van der Waals surface area contributed by atoms with Crippen molar-refractivity contribution in [3.05, 3.63) is 95.3 Å². The molecule has 0 atom stereocenters. The van der Waals surface area contributed by atoms with Gasteiger partial charge in [0.2, 0.25) is 0 Å². The lowest BCUT2D eigenvalue weighted by Gasteiger charge is -2.12. The first kappa shape index (κ1) is 23.1. The fourth-order valence-electron chi connectivity index (χ4n) is 3.60.